The second kappa shape index (κ2) is 10.1. The van der Waals surface area contributed by atoms with E-state index in [1.54, 1.807) is 0 Å². The Hall–Kier alpha value is -1.66. The third-order valence-electron chi connectivity index (χ3n) is 5.34. The van der Waals surface area contributed by atoms with Crippen LogP contribution in [0.25, 0.3) is 0 Å². The van der Waals surface area contributed by atoms with E-state index in [1.807, 2.05) is 0 Å². The largest absolute Gasteiger partial charge is 0.459 e. The van der Waals surface area contributed by atoms with Gasteiger partial charge in [-0.25, -0.2) is 0 Å². The van der Waals surface area contributed by atoms with E-state index in [-0.39, 0.29) is 20.8 Å². The lowest BCUT2D eigenvalue weighted by molar-refractivity contribution is -0.352. The van der Waals surface area contributed by atoms with Crippen molar-refractivity contribution in [3.8, 4) is 0 Å². The minimum Gasteiger partial charge on any atom is -0.346 e. The minimum absolute atomic E-state index is 0.106. The van der Waals surface area contributed by atoms with E-state index in [9.17, 15) is 40.3 Å². The van der Waals surface area contributed by atoms with E-state index in [2.05, 4.69) is 5.32 Å². The molecule has 2 N–H and O–H groups in total. The summed E-state index contributed by atoms with van der Waals surface area (Å²) in [6.45, 7) is -2.35. The number of carbonyl (C=O) groups excluding carboxylic acids is 2. The number of carbonyl (C=O) groups is 2. The zero-order valence-corrected chi connectivity index (χ0v) is 21.5. The highest BCUT2D eigenvalue weighted by Crippen LogP contribution is 2.65. The molecule has 0 heterocycles. The van der Waals surface area contributed by atoms with Gasteiger partial charge in [0.15, 0.2) is 0 Å². The lowest BCUT2D eigenvalue weighted by Crippen LogP contribution is -2.56. The van der Waals surface area contributed by atoms with Crippen molar-refractivity contribution in [1.82, 2.24) is 5.32 Å². The molecule has 1 aliphatic carbocycles. The summed E-state index contributed by atoms with van der Waals surface area (Å²) in [6, 6.07) is 7.63. The molecule has 202 valence electrons. The number of alkyl halides is 9. The van der Waals surface area contributed by atoms with Crippen LogP contribution in [0.1, 0.15) is 21.8 Å². The summed E-state index contributed by atoms with van der Waals surface area (Å²) in [5.41, 5.74) is -0.233. The number of anilines is 1. The number of benzene rings is 2. The van der Waals surface area contributed by atoms with E-state index in [1.165, 1.54) is 29.6 Å². The Morgan fingerprint density at radius 1 is 0.892 bits per heavy atom. The van der Waals surface area contributed by atoms with Gasteiger partial charge < -0.3 is 10.6 Å². The van der Waals surface area contributed by atoms with Gasteiger partial charge >= 0.3 is 18.0 Å². The van der Waals surface area contributed by atoms with Gasteiger partial charge in [-0.2, -0.15) is 30.7 Å². The number of nitrogens with one attached hydrogen (secondary N) is 2. The van der Waals surface area contributed by atoms with Gasteiger partial charge in [0, 0.05) is 21.7 Å². The second-order valence-electron chi connectivity index (χ2n) is 7.98. The third-order valence-corrected chi connectivity index (χ3v) is 7.05. The van der Waals surface area contributed by atoms with E-state index < -0.39 is 58.1 Å². The Labute approximate surface area is 229 Å². The van der Waals surface area contributed by atoms with E-state index in [0.717, 1.165) is 12.1 Å². The molecule has 16 heteroatoms. The number of hydrogen-bond donors (Lipinski definition) is 2. The molecule has 2 aromatic carbocycles. The Kier molecular flexibility index (Phi) is 8.20. The summed E-state index contributed by atoms with van der Waals surface area (Å²) >= 11 is 30.3. The summed E-state index contributed by atoms with van der Waals surface area (Å²) in [4.78, 5) is 25.0. The highest BCUT2D eigenvalue weighted by molar-refractivity contribution is 6.53. The molecule has 4 nitrogen and oxygen atoms in total. The monoisotopic (exact) mass is 632 g/mol. The predicted octanol–water partition coefficient (Wildman–Crippen LogP) is 7.74. The summed E-state index contributed by atoms with van der Waals surface area (Å²) in [5, 5.41) is 3.86. The van der Waals surface area contributed by atoms with E-state index >= 15 is 0 Å². The first-order valence-corrected chi connectivity index (χ1v) is 11.7. The summed E-state index contributed by atoms with van der Waals surface area (Å²) in [5.74, 6) is -16.0. The molecule has 0 bridgehead atoms. The average Bonchev–Trinajstić information content (AvgIpc) is 3.34. The Bertz CT molecular complexity index is 1220. The maximum atomic E-state index is 13.5. The van der Waals surface area contributed by atoms with Gasteiger partial charge in [0.25, 0.3) is 5.91 Å². The topological polar surface area (TPSA) is 58.2 Å². The molecular weight excluding hydrogens is 622 g/mol. The van der Waals surface area contributed by atoms with Crippen LogP contribution in [-0.2, 0) is 4.79 Å². The zero-order valence-electron chi connectivity index (χ0n) is 17.7. The van der Waals surface area contributed by atoms with Crippen LogP contribution in [0.4, 0.5) is 36.4 Å². The second-order valence-corrected chi connectivity index (χ2v) is 10.7. The van der Waals surface area contributed by atoms with Crippen molar-refractivity contribution in [3.63, 3.8) is 0 Å². The smallest absolute Gasteiger partial charge is 0.346 e. The number of amides is 2. The van der Waals surface area contributed by atoms with E-state index in [4.69, 9.17) is 58.0 Å². The Balaban J connectivity index is 1.74. The molecule has 37 heavy (non-hydrogen) atoms. The highest BCUT2D eigenvalue weighted by Gasteiger charge is 2.72. The van der Waals surface area contributed by atoms with Crippen LogP contribution < -0.4 is 10.6 Å². The average molecular weight is 635 g/mol. The SMILES string of the molecule is O=C(NCC(F)(F)C(F)(F)C(F)(F)F)c1cc(NC(=O)[C@H]2[C@H](c3cc(Cl)cc(Cl)c3)C2(Cl)Cl)ccc1Cl. The molecule has 2 amide bonds. The molecule has 1 saturated carbocycles. The van der Waals surface area contributed by atoms with Crippen LogP contribution in [-0.4, -0.2) is 40.7 Å². The maximum absolute atomic E-state index is 13.5. The molecule has 0 aromatic heterocycles. The third kappa shape index (κ3) is 6.00. The summed E-state index contributed by atoms with van der Waals surface area (Å²) < 4.78 is 88.4. The maximum Gasteiger partial charge on any atom is 0.459 e. The van der Waals surface area contributed by atoms with Crippen LogP contribution in [0.3, 0.4) is 0 Å². The fourth-order valence-electron chi connectivity index (χ4n) is 3.42. The van der Waals surface area contributed by atoms with Gasteiger partial charge in [-0.3, -0.25) is 9.59 Å². The van der Waals surface area contributed by atoms with Crippen LogP contribution >= 0.6 is 58.0 Å². The standard InChI is InChI=1S/C21H12Cl5F7N2O2/c22-9-3-8(4-10(23)5-9)14-15(19(14,25)26)17(37)35-11-1-2-13(24)12(6-11)16(36)34-7-18(27,28)20(29,30)21(31,32)33/h1-6,14-15H,7H2,(H,34,36)(H,35,37)/t14-,15+/m0/s1. The first-order chi connectivity index (χ1) is 16.8. The van der Waals surface area contributed by atoms with Gasteiger partial charge in [0.1, 0.15) is 4.33 Å². The van der Waals surface area contributed by atoms with Crippen LogP contribution in [0.5, 0.6) is 0 Å². The van der Waals surface area contributed by atoms with Crippen molar-refractivity contribution in [2.24, 2.45) is 5.92 Å². The molecule has 1 fully saturated rings. The molecule has 0 aliphatic heterocycles. The molecule has 0 saturated heterocycles. The lowest BCUT2D eigenvalue weighted by Gasteiger charge is -2.28. The predicted molar refractivity (Wildman–Crippen MR) is 125 cm³/mol. The lowest BCUT2D eigenvalue weighted by atomic mass is 10.1. The van der Waals surface area contributed by atoms with Crippen LogP contribution in [0.2, 0.25) is 15.1 Å². The van der Waals surface area contributed by atoms with Crippen molar-refractivity contribution in [2.45, 2.75) is 28.3 Å². The number of halogens is 12. The molecule has 1 aliphatic rings. The molecule has 3 rings (SSSR count). The van der Waals surface area contributed by atoms with E-state index in [0.29, 0.717) is 5.56 Å². The number of hydrogen-bond acceptors (Lipinski definition) is 2. The molecule has 0 spiro atoms. The van der Waals surface area contributed by atoms with Crippen molar-refractivity contribution in [2.75, 3.05) is 11.9 Å². The Morgan fingerprint density at radius 2 is 1.46 bits per heavy atom. The normalized spacial score (nSPS) is 19.4. The molecular formula is C21H12Cl5F7N2O2. The molecule has 2 atom stereocenters. The zero-order chi connectivity index (χ0) is 28.1. The quantitative estimate of drug-likeness (QED) is 0.242. The van der Waals surface area contributed by atoms with Gasteiger partial charge in [-0.15, -0.1) is 23.2 Å². The van der Waals surface area contributed by atoms with Crippen molar-refractivity contribution >= 4 is 75.5 Å². The molecule has 0 unspecified atom stereocenters. The first-order valence-electron chi connectivity index (χ1n) is 9.84. The fraction of sp³-hybridized carbons (Fsp3) is 0.333. The van der Waals surface area contributed by atoms with Gasteiger partial charge in [0.05, 0.1) is 23.0 Å². The highest BCUT2D eigenvalue weighted by atomic mass is 35.5. The van der Waals surface area contributed by atoms with Crippen LogP contribution in [0.15, 0.2) is 36.4 Å². The fourth-order valence-corrected chi connectivity index (χ4v) is 5.00. The first kappa shape index (κ1) is 29.9. The van der Waals surface area contributed by atoms with Crippen molar-refractivity contribution in [3.05, 3.63) is 62.6 Å². The Morgan fingerprint density at radius 3 is 2.00 bits per heavy atom. The number of rotatable bonds is 7. The van der Waals surface area contributed by atoms with Gasteiger partial charge in [-0.05, 0) is 42.0 Å². The van der Waals surface area contributed by atoms with Gasteiger partial charge in [0.2, 0.25) is 5.91 Å². The summed E-state index contributed by atoms with van der Waals surface area (Å²) in [7, 11) is 0. The van der Waals surface area contributed by atoms with Crippen LogP contribution in [0, 0.1) is 5.92 Å². The van der Waals surface area contributed by atoms with Crippen molar-refractivity contribution < 1.29 is 40.3 Å². The summed E-state index contributed by atoms with van der Waals surface area (Å²) in [6.07, 6.45) is -6.56. The van der Waals surface area contributed by atoms with Gasteiger partial charge in [-0.1, -0.05) is 34.8 Å². The van der Waals surface area contributed by atoms with Crippen molar-refractivity contribution in [1.29, 1.82) is 0 Å². The molecule has 0 radical (unpaired) electrons. The minimum atomic E-state index is -6.56. The molecule has 2 aromatic rings.